The van der Waals surface area contributed by atoms with Crippen LogP contribution in [0.5, 0.6) is 0 Å². The fourth-order valence-corrected chi connectivity index (χ4v) is 0. The Hall–Kier alpha value is -0.660. The van der Waals surface area contributed by atoms with Crippen LogP contribution in [0, 0.1) is 10.8 Å². The van der Waals surface area contributed by atoms with Gasteiger partial charge in [-0.05, 0) is 0 Å². The molecule has 0 saturated heterocycles. The third-order valence-electron chi connectivity index (χ3n) is 0. The normalized spacial score (nSPS) is 2.00. The van der Waals surface area contributed by atoms with Crippen LogP contribution in [0.15, 0.2) is 0 Å². The van der Waals surface area contributed by atoms with Gasteiger partial charge < -0.3 is 0 Å². The molecular formula is CH2N3. The SMILES string of the molecule is N=C=N.[N]. The highest BCUT2D eigenvalue weighted by atomic mass is 14.4. The lowest BCUT2D eigenvalue weighted by Gasteiger charge is -1.09. The van der Waals surface area contributed by atoms with E-state index in [9.17, 15) is 0 Å². The highest BCUT2D eigenvalue weighted by Crippen LogP contribution is 0.920. The molecule has 0 bridgehead atoms. The van der Waals surface area contributed by atoms with Crippen LogP contribution in [0.4, 0.5) is 0 Å². The van der Waals surface area contributed by atoms with Gasteiger partial charge in [-0.3, -0.25) is 0 Å². The fraction of sp³-hybridized carbons (Fsp3) is 0. The second-order valence-corrected chi connectivity index (χ2v) is 0.125. The molecule has 0 rings (SSSR count). The quantitative estimate of drug-likeness (QED) is 0.361. The third-order valence-corrected chi connectivity index (χ3v) is 0. The summed E-state index contributed by atoms with van der Waals surface area (Å²) in [5.74, 6) is 0. The zero-order valence-electron chi connectivity index (χ0n) is 1.95. The maximum atomic E-state index is 5.62. The van der Waals surface area contributed by atoms with Crippen LogP contribution in [0.1, 0.15) is 0 Å². The summed E-state index contributed by atoms with van der Waals surface area (Å²) in [5, 5.41) is 11.2. The van der Waals surface area contributed by atoms with E-state index in [1.165, 1.54) is 6.01 Å². The smallest absolute Gasteiger partial charge is 0.0831 e. The molecule has 0 spiro atoms. The van der Waals surface area contributed by atoms with E-state index in [0.717, 1.165) is 0 Å². The molecule has 0 unspecified atom stereocenters. The molecule has 0 aromatic carbocycles. The van der Waals surface area contributed by atoms with E-state index in [4.69, 9.17) is 10.8 Å². The summed E-state index contributed by atoms with van der Waals surface area (Å²) in [6.07, 6.45) is 0. The average Bonchev–Trinajstić information content (AvgIpc) is 0.918. The van der Waals surface area contributed by atoms with Crippen molar-refractivity contribution in [3.05, 3.63) is 0 Å². The lowest BCUT2D eigenvalue weighted by Crippen LogP contribution is -1.11. The first-order valence-corrected chi connectivity index (χ1v) is 0.500. The Morgan fingerprint density at radius 3 is 1.25 bits per heavy atom. The minimum atomic E-state index is 0. The van der Waals surface area contributed by atoms with E-state index in [2.05, 4.69) is 0 Å². The first-order valence-electron chi connectivity index (χ1n) is 0.500. The number of nitrogens with zero attached hydrogens (tertiary/aromatic N) is 1. The van der Waals surface area contributed by atoms with E-state index < -0.39 is 0 Å². The summed E-state index contributed by atoms with van der Waals surface area (Å²) < 4.78 is 0. The molecule has 0 aliphatic carbocycles. The lowest BCUT2D eigenvalue weighted by molar-refractivity contribution is 1.47. The number of hydrogen-bond donors (Lipinski definition) is 2. The molecule has 0 aromatic rings. The highest BCUT2D eigenvalue weighted by Gasteiger charge is 0.934. The number of nitrogens with one attached hydrogen (secondary N) is 2. The molecular weight excluding hydrogens is 54.0 g/mol. The molecule has 0 fully saturated rings. The van der Waals surface area contributed by atoms with E-state index in [-0.39, 0.29) is 6.15 Å². The van der Waals surface area contributed by atoms with Gasteiger partial charge in [-0.15, -0.1) is 0 Å². The fourth-order valence-electron chi connectivity index (χ4n) is 0. The van der Waals surface area contributed by atoms with Crippen molar-refractivity contribution < 1.29 is 0 Å². The third kappa shape index (κ3) is 0.356. The summed E-state index contributed by atoms with van der Waals surface area (Å²) in [7, 11) is 0. The predicted octanol–water partition coefficient (Wildman–Crippen LogP) is -0.163. The Kier molecular flexibility index (Phi) is 92.5. The maximum absolute atomic E-state index is 5.62. The van der Waals surface area contributed by atoms with Gasteiger partial charge in [0, 0.05) is 6.15 Å². The van der Waals surface area contributed by atoms with Crippen LogP contribution in [0.25, 0.3) is 0 Å². The lowest BCUT2D eigenvalue weighted by atomic mass is 11.6. The standard InChI is InChI=1S/CH2N2.N/c2-1-3;/h2-3H;. The van der Waals surface area contributed by atoms with Crippen molar-refractivity contribution in [1.82, 2.24) is 6.15 Å². The van der Waals surface area contributed by atoms with Gasteiger partial charge in [-0.25, -0.2) is 10.8 Å². The molecule has 0 aliphatic rings. The van der Waals surface area contributed by atoms with Gasteiger partial charge in [0.05, 0.1) is 6.01 Å². The Morgan fingerprint density at radius 1 is 1.25 bits per heavy atom. The van der Waals surface area contributed by atoms with Gasteiger partial charge in [0.25, 0.3) is 0 Å². The Bertz CT molecular complexity index is 24.3. The highest BCUT2D eigenvalue weighted by molar-refractivity contribution is 5.29. The molecule has 3 heteroatoms. The average molecular weight is 56.0 g/mol. The molecule has 2 N–H and O–H groups in total. The van der Waals surface area contributed by atoms with Crippen LogP contribution >= 0.6 is 0 Å². The van der Waals surface area contributed by atoms with Crippen molar-refractivity contribution in [3.8, 4) is 0 Å². The second kappa shape index (κ2) is 36.3. The maximum Gasteiger partial charge on any atom is 0.0831 e. The van der Waals surface area contributed by atoms with Gasteiger partial charge in [-0.1, -0.05) is 0 Å². The zero-order chi connectivity index (χ0) is 2.71. The molecule has 0 aliphatic heterocycles. The number of rotatable bonds is 0. The Balaban J connectivity index is 0. The van der Waals surface area contributed by atoms with Crippen molar-refractivity contribution in [1.29, 1.82) is 10.8 Å². The van der Waals surface area contributed by atoms with E-state index >= 15 is 0 Å². The van der Waals surface area contributed by atoms with E-state index in [1.807, 2.05) is 0 Å². The molecule has 0 amide bonds. The summed E-state index contributed by atoms with van der Waals surface area (Å²) in [6.45, 7) is 0. The van der Waals surface area contributed by atoms with Gasteiger partial charge in [0.15, 0.2) is 0 Å². The van der Waals surface area contributed by atoms with Gasteiger partial charge >= 0.3 is 0 Å². The summed E-state index contributed by atoms with van der Waals surface area (Å²) >= 11 is 0. The molecule has 4 heavy (non-hydrogen) atoms. The summed E-state index contributed by atoms with van der Waals surface area (Å²) in [5.41, 5.74) is 0. The summed E-state index contributed by atoms with van der Waals surface area (Å²) in [4.78, 5) is 0. The molecule has 0 atom stereocenters. The minimum absolute atomic E-state index is 0. The predicted molar refractivity (Wildman–Crippen MR) is 12.6 cm³/mol. The van der Waals surface area contributed by atoms with Crippen molar-refractivity contribution in [3.63, 3.8) is 0 Å². The molecule has 3 radical (unpaired) electrons. The second-order valence-electron chi connectivity index (χ2n) is 0.125. The molecule has 0 heterocycles. The molecule has 3 nitrogen and oxygen atoms in total. The molecule has 0 saturated carbocycles. The monoisotopic (exact) mass is 56.0 g/mol. The van der Waals surface area contributed by atoms with Crippen LogP contribution < -0.4 is 6.15 Å². The molecule has 21 valence electrons. The van der Waals surface area contributed by atoms with Crippen LogP contribution in [0.3, 0.4) is 0 Å². The van der Waals surface area contributed by atoms with Crippen molar-refractivity contribution >= 4 is 6.01 Å². The van der Waals surface area contributed by atoms with Crippen LogP contribution in [-0.2, 0) is 0 Å². The van der Waals surface area contributed by atoms with Gasteiger partial charge in [-0.2, -0.15) is 0 Å². The van der Waals surface area contributed by atoms with Gasteiger partial charge in [0.1, 0.15) is 0 Å². The first-order chi connectivity index (χ1) is 1.41. The zero-order valence-corrected chi connectivity index (χ0v) is 1.95. The van der Waals surface area contributed by atoms with Crippen molar-refractivity contribution in [2.45, 2.75) is 0 Å². The molecule has 0 aromatic heterocycles. The largest absolute Gasteiger partial charge is 0.242 e. The van der Waals surface area contributed by atoms with Crippen LogP contribution in [-0.4, -0.2) is 6.01 Å². The Labute approximate surface area is 24.2 Å². The van der Waals surface area contributed by atoms with E-state index in [1.54, 1.807) is 0 Å². The van der Waals surface area contributed by atoms with Crippen LogP contribution in [0.2, 0.25) is 0 Å². The first kappa shape index (κ1) is 10.2. The van der Waals surface area contributed by atoms with Gasteiger partial charge in [0.2, 0.25) is 0 Å². The minimum Gasteiger partial charge on any atom is -0.242 e. The van der Waals surface area contributed by atoms with E-state index in [0.29, 0.717) is 0 Å². The Morgan fingerprint density at radius 2 is 1.25 bits per heavy atom. The van der Waals surface area contributed by atoms with Crippen molar-refractivity contribution in [2.75, 3.05) is 0 Å². The topological polar surface area (TPSA) is 78.2 Å². The number of hydrogen-bond acceptors (Lipinski definition) is 2. The summed E-state index contributed by atoms with van der Waals surface area (Å²) in [6, 6.07) is 1.25. The van der Waals surface area contributed by atoms with Crippen molar-refractivity contribution in [2.24, 2.45) is 0 Å².